The number of aromatic nitrogens is 2. The van der Waals surface area contributed by atoms with Gasteiger partial charge in [-0.15, -0.1) is 5.10 Å². The highest BCUT2D eigenvalue weighted by atomic mass is 16.5. The molecule has 1 amide bonds. The molecule has 6 heteroatoms. The molecule has 3 rings (SSSR count). The predicted molar refractivity (Wildman–Crippen MR) is 97.1 cm³/mol. The third-order valence-corrected chi connectivity index (χ3v) is 4.15. The zero-order valence-electron chi connectivity index (χ0n) is 15.0. The van der Waals surface area contributed by atoms with Crippen molar-refractivity contribution in [2.75, 3.05) is 31.1 Å². The summed E-state index contributed by atoms with van der Waals surface area (Å²) >= 11 is 0. The maximum Gasteiger partial charge on any atom is 0.253 e. The van der Waals surface area contributed by atoms with Gasteiger partial charge in [-0.2, -0.15) is 5.10 Å². The number of benzene rings is 1. The highest BCUT2D eigenvalue weighted by Gasteiger charge is 2.23. The van der Waals surface area contributed by atoms with E-state index in [9.17, 15) is 4.79 Å². The lowest BCUT2D eigenvalue weighted by molar-refractivity contribution is 0.0746. The van der Waals surface area contributed by atoms with Gasteiger partial charge in [0.1, 0.15) is 5.75 Å². The van der Waals surface area contributed by atoms with Gasteiger partial charge >= 0.3 is 0 Å². The van der Waals surface area contributed by atoms with Crippen LogP contribution in [0.25, 0.3) is 0 Å². The van der Waals surface area contributed by atoms with Crippen LogP contribution in [0.4, 0.5) is 5.82 Å². The number of anilines is 1. The Kier molecular flexibility index (Phi) is 5.16. The molecule has 0 bridgehead atoms. The maximum atomic E-state index is 12.7. The number of piperazine rings is 1. The van der Waals surface area contributed by atoms with Crippen LogP contribution in [-0.4, -0.2) is 53.3 Å². The monoisotopic (exact) mass is 340 g/mol. The number of nitrogens with zero attached hydrogens (tertiary/aromatic N) is 4. The van der Waals surface area contributed by atoms with Crippen molar-refractivity contribution >= 4 is 11.7 Å². The third-order valence-electron chi connectivity index (χ3n) is 4.15. The van der Waals surface area contributed by atoms with Gasteiger partial charge in [0, 0.05) is 31.7 Å². The van der Waals surface area contributed by atoms with Crippen LogP contribution in [0.2, 0.25) is 0 Å². The molecule has 1 saturated heterocycles. The zero-order chi connectivity index (χ0) is 17.8. The lowest BCUT2D eigenvalue weighted by atomic mass is 10.1. The van der Waals surface area contributed by atoms with Crippen molar-refractivity contribution in [3.8, 4) is 5.75 Å². The summed E-state index contributed by atoms with van der Waals surface area (Å²) in [5.41, 5.74) is 1.60. The van der Waals surface area contributed by atoms with Crippen molar-refractivity contribution in [3.63, 3.8) is 0 Å². The van der Waals surface area contributed by atoms with E-state index >= 15 is 0 Å². The molecule has 25 heavy (non-hydrogen) atoms. The number of carbonyl (C=O) groups is 1. The molecule has 0 N–H and O–H groups in total. The smallest absolute Gasteiger partial charge is 0.253 e. The molecule has 0 radical (unpaired) electrons. The molecule has 132 valence electrons. The van der Waals surface area contributed by atoms with Crippen LogP contribution in [-0.2, 0) is 0 Å². The number of carbonyl (C=O) groups excluding carboxylic acids is 1. The van der Waals surface area contributed by atoms with Gasteiger partial charge in [0.25, 0.3) is 5.91 Å². The topological polar surface area (TPSA) is 58.6 Å². The van der Waals surface area contributed by atoms with Crippen LogP contribution in [0.15, 0.2) is 36.4 Å². The minimum Gasteiger partial charge on any atom is -0.491 e. The molecular formula is C19H24N4O2. The van der Waals surface area contributed by atoms with Gasteiger partial charge in [0.2, 0.25) is 0 Å². The summed E-state index contributed by atoms with van der Waals surface area (Å²) < 4.78 is 5.62. The molecule has 2 heterocycles. The van der Waals surface area contributed by atoms with Crippen LogP contribution < -0.4 is 9.64 Å². The van der Waals surface area contributed by atoms with Gasteiger partial charge in [-0.3, -0.25) is 4.79 Å². The Balaban J connectivity index is 1.58. The molecule has 1 aromatic heterocycles. The Morgan fingerprint density at radius 1 is 1.00 bits per heavy atom. The molecule has 0 unspecified atom stereocenters. The summed E-state index contributed by atoms with van der Waals surface area (Å²) in [4.78, 5) is 16.7. The van der Waals surface area contributed by atoms with Crippen LogP contribution in [0.3, 0.4) is 0 Å². The van der Waals surface area contributed by atoms with Crippen LogP contribution in [0, 0.1) is 6.92 Å². The van der Waals surface area contributed by atoms with Crippen molar-refractivity contribution in [1.29, 1.82) is 0 Å². The van der Waals surface area contributed by atoms with E-state index in [4.69, 9.17) is 4.74 Å². The molecule has 0 spiro atoms. The van der Waals surface area contributed by atoms with Crippen LogP contribution >= 0.6 is 0 Å². The first-order chi connectivity index (χ1) is 12.0. The summed E-state index contributed by atoms with van der Waals surface area (Å²) in [7, 11) is 0. The van der Waals surface area contributed by atoms with E-state index in [0.717, 1.165) is 30.4 Å². The Labute approximate surface area is 148 Å². The number of rotatable bonds is 4. The van der Waals surface area contributed by atoms with Gasteiger partial charge in [-0.1, -0.05) is 0 Å². The van der Waals surface area contributed by atoms with Crippen molar-refractivity contribution in [1.82, 2.24) is 15.1 Å². The first kappa shape index (κ1) is 17.2. The van der Waals surface area contributed by atoms with Gasteiger partial charge in [-0.05, 0) is 57.2 Å². The molecule has 1 fully saturated rings. The molecule has 1 aliphatic heterocycles. The fourth-order valence-electron chi connectivity index (χ4n) is 2.83. The van der Waals surface area contributed by atoms with E-state index in [1.807, 2.05) is 62.1 Å². The van der Waals surface area contributed by atoms with E-state index in [2.05, 4.69) is 15.1 Å². The minimum atomic E-state index is 0.0609. The molecule has 1 aromatic carbocycles. The summed E-state index contributed by atoms with van der Waals surface area (Å²) in [6, 6.07) is 11.3. The van der Waals surface area contributed by atoms with Crippen molar-refractivity contribution in [2.45, 2.75) is 26.9 Å². The highest BCUT2D eigenvalue weighted by Crippen LogP contribution is 2.17. The van der Waals surface area contributed by atoms with Crippen LogP contribution in [0.5, 0.6) is 5.75 Å². The zero-order valence-corrected chi connectivity index (χ0v) is 15.0. The number of hydrogen-bond donors (Lipinski definition) is 0. The second-order valence-electron chi connectivity index (χ2n) is 6.50. The molecule has 6 nitrogen and oxygen atoms in total. The average molecular weight is 340 g/mol. The van der Waals surface area contributed by atoms with Gasteiger partial charge in [-0.25, -0.2) is 0 Å². The average Bonchev–Trinajstić information content (AvgIpc) is 2.62. The third kappa shape index (κ3) is 4.26. The first-order valence-corrected chi connectivity index (χ1v) is 8.64. The molecule has 2 aromatic rings. The summed E-state index contributed by atoms with van der Waals surface area (Å²) in [5.74, 6) is 1.72. The van der Waals surface area contributed by atoms with Crippen LogP contribution in [0.1, 0.15) is 29.9 Å². The van der Waals surface area contributed by atoms with Gasteiger partial charge < -0.3 is 14.5 Å². The summed E-state index contributed by atoms with van der Waals surface area (Å²) in [6.45, 7) is 8.77. The molecular weight excluding hydrogens is 316 g/mol. The Morgan fingerprint density at radius 2 is 1.68 bits per heavy atom. The Morgan fingerprint density at radius 3 is 2.24 bits per heavy atom. The highest BCUT2D eigenvalue weighted by molar-refractivity contribution is 5.94. The maximum absolute atomic E-state index is 12.7. The Bertz CT molecular complexity index is 705. The summed E-state index contributed by atoms with van der Waals surface area (Å²) in [5, 5.41) is 8.32. The van der Waals surface area contributed by atoms with E-state index in [1.165, 1.54) is 0 Å². The summed E-state index contributed by atoms with van der Waals surface area (Å²) in [6.07, 6.45) is 0.125. The van der Waals surface area contributed by atoms with E-state index < -0.39 is 0 Å². The number of hydrogen-bond acceptors (Lipinski definition) is 5. The molecule has 1 aliphatic rings. The van der Waals surface area contributed by atoms with Crippen molar-refractivity contribution in [2.24, 2.45) is 0 Å². The molecule has 0 aliphatic carbocycles. The minimum absolute atomic E-state index is 0.0609. The fourth-order valence-corrected chi connectivity index (χ4v) is 2.83. The normalized spacial score (nSPS) is 14.7. The first-order valence-electron chi connectivity index (χ1n) is 8.64. The number of amides is 1. The largest absolute Gasteiger partial charge is 0.491 e. The van der Waals surface area contributed by atoms with E-state index in [0.29, 0.717) is 18.7 Å². The van der Waals surface area contributed by atoms with Gasteiger partial charge in [0.05, 0.1) is 11.8 Å². The fraction of sp³-hybridized carbons (Fsp3) is 0.421. The molecule has 0 saturated carbocycles. The second kappa shape index (κ2) is 7.51. The second-order valence-corrected chi connectivity index (χ2v) is 6.50. The lowest BCUT2D eigenvalue weighted by Crippen LogP contribution is -2.49. The predicted octanol–water partition coefficient (Wildman–Crippen LogP) is 2.53. The van der Waals surface area contributed by atoms with Crippen molar-refractivity contribution < 1.29 is 9.53 Å². The lowest BCUT2D eigenvalue weighted by Gasteiger charge is -2.35. The SMILES string of the molecule is Cc1ccc(N2CCN(C(=O)c3ccc(OC(C)C)cc3)CC2)nn1. The molecule has 0 atom stereocenters. The number of aryl methyl sites for hydroxylation is 1. The van der Waals surface area contributed by atoms with Gasteiger partial charge in [0.15, 0.2) is 5.82 Å². The Hall–Kier alpha value is -2.63. The quantitative estimate of drug-likeness (QED) is 0.856. The van der Waals surface area contributed by atoms with E-state index in [-0.39, 0.29) is 12.0 Å². The standard InChI is InChI=1S/C19H24N4O2/c1-14(2)25-17-7-5-16(6-8-17)19(24)23-12-10-22(11-13-23)18-9-4-15(3)20-21-18/h4-9,14H,10-13H2,1-3H3. The number of ether oxygens (including phenoxy) is 1. The van der Waals surface area contributed by atoms with E-state index in [1.54, 1.807) is 0 Å². The van der Waals surface area contributed by atoms with Crippen molar-refractivity contribution in [3.05, 3.63) is 47.7 Å².